The summed E-state index contributed by atoms with van der Waals surface area (Å²) in [4.78, 5) is 0. The number of aromatic hydroxyl groups is 1. The van der Waals surface area contributed by atoms with Crippen LogP contribution >= 0.6 is 0 Å². The van der Waals surface area contributed by atoms with Gasteiger partial charge in [-0.15, -0.1) is 0 Å². The van der Waals surface area contributed by atoms with E-state index in [1.54, 1.807) is 12.1 Å². The van der Waals surface area contributed by atoms with E-state index in [9.17, 15) is 10.3 Å². The van der Waals surface area contributed by atoms with Gasteiger partial charge in [0, 0.05) is 11.5 Å². The average molecular weight is 211 g/mol. The van der Waals surface area contributed by atoms with Crippen molar-refractivity contribution in [3.05, 3.63) is 53.7 Å². The van der Waals surface area contributed by atoms with Crippen LogP contribution in [0.3, 0.4) is 0 Å². The predicted molar refractivity (Wildman–Crippen MR) is 62.1 cm³/mol. The molecule has 0 aliphatic heterocycles. The van der Waals surface area contributed by atoms with Crippen molar-refractivity contribution in [2.75, 3.05) is 0 Å². The van der Waals surface area contributed by atoms with Gasteiger partial charge in [-0.25, -0.2) is 0 Å². The molecule has 1 aromatic heterocycles. The number of fused-ring (bicyclic) bond motifs is 2. The Morgan fingerprint density at radius 1 is 0.938 bits per heavy atom. The zero-order valence-corrected chi connectivity index (χ0v) is 8.42. The van der Waals surface area contributed by atoms with Gasteiger partial charge in [0.1, 0.15) is 0 Å². The lowest BCUT2D eigenvalue weighted by Gasteiger charge is -2.06. The summed E-state index contributed by atoms with van der Waals surface area (Å²) in [6.45, 7) is 0. The van der Waals surface area contributed by atoms with E-state index >= 15 is 0 Å². The first-order valence-corrected chi connectivity index (χ1v) is 5.00. The number of pyridine rings is 1. The van der Waals surface area contributed by atoms with Gasteiger partial charge in [-0.1, -0.05) is 18.2 Å². The highest BCUT2D eigenvalue weighted by Crippen LogP contribution is 2.24. The van der Waals surface area contributed by atoms with Gasteiger partial charge < -0.3 is 10.3 Å². The van der Waals surface area contributed by atoms with E-state index in [0.717, 1.165) is 15.5 Å². The molecule has 0 saturated heterocycles. The summed E-state index contributed by atoms with van der Waals surface area (Å²) in [5, 5.41) is 23.4. The summed E-state index contributed by atoms with van der Waals surface area (Å²) in [7, 11) is 0. The first-order valence-electron chi connectivity index (χ1n) is 5.00. The molecule has 3 rings (SSSR count). The van der Waals surface area contributed by atoms with Crippen molar-refractivity contribution in [1.29, 1.82) is 0 Å². The van der Waals surface area contributed by atoms with Gasteiger partial charge in [-0.2, -0.15) is 4.73 Å². The van der Waals surface area contributed by atoms with Crippen LogP contribution in [0.1, 0.15) is 0 Å². The Morgan fingerprint density at radius 2 is 1.69 bits per heavy atom. The number of hydrogen-bond acceptors (Lipinski definition) is 2. The smallest absolute Gasteiger partial charge is 0.266 e. The highest BCUT2D eigenvalue weighted by Gasteiger charge is 2.12. The molecule has 3 aromatic rings. The normalized spacial score (nSPS) is 11.0. The second-order valence-corrected chi connectivity index (χ2v) is 3.71. The highest BCUT2D eigenvalue weighted by molar-refractivity contribution is 5.91. The zero-order valence-electron chi connectivity index (χ0n) is 8.42. The second kappa shape index (κ2) is 3.10. The molecule has 0 fully saturated rings. The minimum Gasteiger partial charge on any atom is -0.618 e. The van der Waals surface area contributed by atoms with Gasteiger partial charge in [0.05, 0.1) is 5.39 Å². The summed E-state index contributed by atoms with van der Waals surface area (Å²) in [5.41, 5.74) is 0.887. The fourth-order valence-corrected chi connectivity index (χ4v) is 1.97. The first kappa shape index (κ1) is 8.97. The molecule has 0 radical (unpaired) electrons. The number of hydrogen-bond donors (Lipinski definition) is 1. The fourth-order valence-electron chi connectivity index (χ4n) is 1.97. The molecule has 3 nitrogen and oxygen atoms in total. The van der Waals surface area contributed by atoms with Crippen LogP contribution in [-0.2, 0) is 0 Å². The number of phenolic OH excluding ortho intramolecular Hbond substituents is 1. The summed E-state index contributed by atoms with van der Waals surface area (Å²) in [6.07, 6.45) is 0. The number of nitrogens with zero attached hydrogens (tertiary/aromatic N) is 1. The second-order valence-electron chi connectivity index (χ2n) is 3.71. The van der Waals surface area contributed by atoms with Crippen molar-refractivity contribution >= 4 is 21.8 Å². The summed E-state index contributed by atoms with van der Waals surface area (Å²) in [5.74, 6) is 0.0123. The van der Waals surface area contributed by atoms with Gasteiger partial charge in [-0.05, 0) is 24.3 Å². The van der Waals surface area contributed by atoms with E-state index in [4.69, 9.17) is 0 Å². The number of para-hydroxylation sites is 2. The van der Waals surface area contributed by atoms with Crippen LogP contribution in [0.5, 0.6) is 5.75 Å². The molecule has 0 aliphatic rings. The maximum Gasteiger partial charge on any atom is 0.266 e. The van der Waals surface area contributed by atoms with Gasteiger partial charge in [0.25, 0.3) is 5.52 Å². The summed E-state index contributed by atoms with van der Waals surface area (Å²) in [6, 6.07) is 14.3. The number of phenols is 1. The average Bonchev–Trinajstić information content (AvgIpc) is 2.29. The standard InChI is InChI=1S/C13H9NO2/c15-12-7-3-5-10-8-9-4-1-2-6-11(9)14(16)13(10)12/h1-8,15H. The Hall–Kier alpha value is -2.29. The van der Waals surface area contributed by atoms with Crippen LogP contribution in [0.2, 0.25) is 0 Å². The molecule has 3 heteroatoms. The third-order valence-corrected chi connectivity index (χ3v) is 2.72. The largest absolute Gasteiger partial charge is 0.618 e. The van der Waals surface area contributed by atoms with E-state index in [0.29, 0.717) is 11.0 Å². The Bertz CT molecular complexity index is 692. The Morgan fingerprint density at radius 3 is 2.56 bits per heavy atom. The van der Waals surface area contributed by atoms with E-state index in [1.165, 1.54) is 6.07 Å². The molecular formula is C13H9NO2. The lowest BCUT2D eigenvalue weighted by atomic mass is 10.1. The topological polar surface area (TPSA) is 47.2 Å². The molecule has 0 spiro atoms. The van der Waals surface area contributed by atoms with Gasteiger partial charge in [-0.3, -0.25) is 0 Å². The number of aromatic nitrogens is 1. The van der Waals surface area contributed by atoms with Gasteiger partial charge in [0.2, 0.25) is 5.52 Å². The van der Waals surface area contributed by atoms with Crippen molar-refractivity contribution in [2.24, 2.45) is 0 Å². The SMILES string of the molecule is [O-][n+]1c2ccccc2cc2cccc(O)c21. The Kier molecular flexibility index (Phi) is 1.74. The quantitative estimate of drug-likeness (QED) is 0.352. The molecule has 0 aliphatic carbocycles. The number of rotatable bonds is 0. The monoisotopic (exact) mass is 211 g/mol. The molecule has 1 heterocycles. The van der Waals surface area contributed by atoms with Crippen LogP contribution in [0.25, 0.3) is 21.8 Å². The maximum absolute atomic E-state index is 12.1. The molecule has 78 valence electrons. The molecule has 0 unspecified atom stereocenters. The molecule has 0 saturated carbocycles. The van der Waals surface area contributed by atoms with Gasteiger partial charge in [0.15, 0.2) is 5.75 Å². The summed E-state index contributed by atoms with van der Waals surface area (Å²) >= 11 is 0. The minimum atomic E-state index is 0.0123. The molecule has 0 atom stereocenters. The lowest BCUT2D eigenvalue weighted by molar-refractivity contribution is -0.548. The van der Waals surface area contributed by atoms with Crippen molar-refractivity contribution in [2.45, 2.75) is 0 Å². The zero-order chi connectivity index (χ0) is 11.1. The lowest BCUT2D eigenvalue weighted by Crippen LogP contribution is -2.27. The molecule has 0 bridgehead atoms. The third kappa shape index (κ3) is 1.11. The van der Waals surface area contributed by atoms with Crippen molar-refractivity contribution in [3.63, 3.8) is 0 Å². The maximum atomic E-state index is 12.1. The van der Waals surface area contributed by atoms with Crippen LogP contribution in [0.15, 0.2) is 48.5 Å². The van der Waals surface area contributed by atoms with Crippen LogP contribution in [0.4, 0.5) is 0 Å². The van der Waals surface area contributed by atoms with Crippen LogP contribution in [0, 0.1) is 5.21 Å². The van der Waals surface area contributed by atoms with Crippen LogP contribution < -0.4 is 4.73 Å². The van der Waals surface area contributed by atoms with E-state index in [1.807, 2.05) is 30.3 Å². The van der Waals surface area contributed by atoms with Crippen molar-refractivity contribution in [1.82, 2.24) is 0 Å². The molecule has 16 heavy (non-hydrogen) atoms. The Labute approximate surface area is 91.8 Å². The summed E-state index contributed by atoms with van der Waals surface area (Å²) < 4.78 is 0.778. The van der Waals surface area contributed by atoms with E-state index in [2.05, 4.69) is 0 Å². The van der Waals surface area contributed by atoms with E-state index < -0.39 is 0 Å². The fraction of sp³-hybridized carbons (Fsp3) is 0. The van der Waals surface area contributed by atoms with Crippen molar-refractivity contribution < 1.29 is 9.84 Å². The molecule has 2 aromatic carbocycles. The van der Waals surface area contributed by atoms with Crippen LogP contribution in [-0.4, -0.2) is 5.11 Å². The molecule has 1 N–H and O–H groups in total. The number of benzene rings is 2. The third-order valence-electron chi connectivity index (χ3n) is 2.72. The highest BCUT2D eigenvalue weighted by atomic mass is 16.5. The molecular weight excluding hydrogens is 202 g/mol. The molecule has 0 amide bonds. The Balaban J connectivity index is 2.62. The predicted octanol–water partition coefficient (Wildman–Crippen LogP) is 2.33. The minimum absolute atomic E-state index is 0.0123. The van der Waals surface area contributed by atoms with Crippen molar-refractivity contribution in [3.8, 4) is 5.75 Å². The van der Waals surface area contributed by atoms with Gasteiger partial charge >= 0.3 is 0 Å². The van der Waals surface area contributed by atoms with E-state index in [-0.39, 0.29) is 5.75 Å². The first-order chi connectivity index (χ1) is 7.77.